The topological polar surface area (TPSA) is 70.3 Å². The molecule has 2 N–H and O–H groups in total. The molecule has 1 aliphatic rings. The van der Waals surface area contributed by atoms with Gasteiger partial charge in [-0.3, -0.25) is 0 Å². The van der Waals surface area contributed by atoms with E-state index in [9.17, 15) is 0 Å². The van der Waals surface area contributed by atoms with Crippen LogP contribution in [0.1, 0.15) is 6.42 Å². The Morgan fingerprint density at radius 1 is 1.62 bits per heavy atom. The normalized spacial score (nSPS) is 21.7. The summed E-state index contributed by atoms with van der Waals surface area (Å²) in [5, 5.41) is 0. The van der Waals surface area contributed by atoms with E-state index in [4.69, 9.17) is 15.2 Å². The minimum Gasteiger partial charge on any atom is -0.458 e. The molecule has 0 radical (unpaired) electrons. The van der Waals surface area contributed by atoms with Gasteiger partial charge in [0.05, 0.1) is 13.2 Å². The lowest BCUT2D eigenvalue weighted by Gasteiger charge is -2.08. The molecule has 0 spiro atoms. The third-order valence-electron chi connectivity index (χ3n) is 1.81. The maximum Gasteiger partial charge on any atom is 0.318 e. The molecule has 0 aromatic carbocycles. The number of nitrogens with zero attached hydrogens (tertiary/aromatic N) is 2. The van der Waals surface area contributed by atoms with Gasteiger partial charge < -0.3 is 15.2 Å². The maximum absolute atomic E-state index is 5.47. The van der Waals surface area contributed by atoms with Crippen molar-refractivity contribution in [2.75, 3.05) is 18.9 Å². The van der Waals surface area contributed by atoms with E-state index in [1.165, 1.54) is 0 Å². The minimum absolute atomic E-state index is 0.0711. The van der Waals surface area contributed by atoms with Crippen LogP contribution in [-0.4, -0.2) is 29.3 Å². The third kappa shape index (κ3) is 2.06. The van der Waals surface area contributed by atoms with Gasteiger partial charge in [0.2, 0.25) is 0 Å². The molecule has 2 rings (SSSR count). The highest BCUT2D eigenvalue weighted by Crippen LogP contribution is 2.12. The molecule has 2 heterocycles. The van der Waals surface area contributed by atoms with E-state index < -0.39 is 0 Å². The lowest BCUT2D eigenvalue weighted by Crippen LogP contribution is -2.17. The monoisotopic (exact) mass is 181 g/mol. The standard InChI is InChI=1S/C8H11N3O2/c9-7-1-3-10-8(11-7)13-6-2-4-12-5-6/h1,3,6H,2,4-5H2,(H2,9,10,11)/t6-/m1/s1. The molecule has 0 aliphatic carbocycles. The molecule has 1 aromatic heterocycles. The fourth-order valence-corrected chi connectivity index (χ4v) is 1.17. The van der Waals surface area contributed by atoms with Crippen molar-refractivity contribution in [3.8, 4) is 6.01 Å². The zero-order valence-corrected chi connectivity index (χ0v) is 7.14. The van der Waals surface area contributed by atoms with Crippen molar-refractivity contribution >= 4 is 5.82 Å². The van der Waals surface area contributed by atoms with Gasteiger partial charge >= 0.3 is 6.01 Å². The SMILES string of the molecule is Nc1ccnc(O[C@@H]2CCOC2)n1. The molecule has 1 saturated heterocycles. The van der Waals surface area contributed by atoms with Crippen molar-refractivity contribution in [1.82, 2.24) is 9.97 Å². The van der Waals surface area contributed by atoms with Gasteiger partial charge in [-0.25, -0.2) is 4.98 Å². The van der Waals surface area contributed by atoms with Crippen LogP contribution in [0.5, 0.6) is 6.01 Å². The van der Waals surface area contributed by atoms with E-state index in [2.05, 4.69) is 9.97 Å². The molecule has 0 saturated carbocycles. The van der Waals surface area contributed by atoms with Crippen molar-refractivity contribution in [2.45, 2.75) is 12.5 Å². The highest BCUT2D eigenvalue weighted by molar-refractivity contribution is 5.26. The van der Waals surface area contributed by atoms with Crippen LogP contribution < -0.4 is 10.5 Å². The summed E-state index contributed by atoms with van der Waals surface area (Å²) < 4.78 is 10.6. The molecule has 5 nitrogen and oxygen atoms in total. The summed E-state index contributed by atoms with van der Waals surface area (Å²) in [6.45, 7) is 1.35. The molecular weight excluding hydrogens is 170 g/mol. The van der Waals surface area contributed by atoms with Crippen molar-refractivity contribution in [3.05, 3.63) is 12.3 Å². The van der Waals surface area contributed by atoms with E-state index in [-0.39, 0.29) is 6.10 Å². The third-order valence-corrected chi connectivity index (χ3v) is 1.81. The summed E-state index contributed by atoms with van der Waals surface area (Å²) in [6.07, 6.45) is 2.54. The van der Waals surface area contributed by atoms with E-state index in [1.807, 2.05) is 0 Å². The van der Waals surface area contributed by atoms with Crippen LogP contribution in [0.3, 0.4) is 0 Å². The first-order chi connectivity index (χ1) is 6.34. The molecule has 1 aromatic rings. The second-order valence-electron chi connectivity index (χ2n) is 2.87. The van der Waals surface area contributed by atoms with E-state index >= 15 is 0 Å². The van der Waals surface area contributed by atoms with Crippen LogP contribution in [0.15, 0.2) is 12.3 Å². The van der Waals surface area contributed by atoms with Crippen molar-refractivity contribution in [2.24, 2.45) is 0 Å². The number of hydrogen-bond donors (Lipinski definition) is 1. The lowest BCUT2D eigenvalue weighted by atomic mass is 10.3. The van der Waals surface area contributed by atoms with Crippen LogP contribution in [0.4, 0.5) is 5.82 Å². The van der Waals surface area contributed by atoms with Gasteiger partial charge in [0.1, 0.15) is 11.9 Å². The highest BCUT2D eigenvalue weighted by atomic mass is 16.6. The summed E-state index contributed by atoms with van der Waals surface area (Å²) in [7, 11) is 0. The summed E-state index contributed by atoms with van der Waals surface area (Å²) in [4.78, 5) is 7.86. The van der Waals surface area contributed by atoms with Gasteiger partial charge in [0, 0.05) is 12.6 Å². The van der Waals surface area contributed by atoms with Crippen molar-refractivity contribution in [3.63, 3.8) is 0 Å². The molecule has 0 amide bonds. The van der Waals surface area contributed by atoms with Crippen LogP contribution >= 0.6 is 0 Å². The number of hydrogen-bond acceptors (Lipinski definition) is 5. The second-order valence-corrected chi connectivity index (χ2v) is 2.87. The zero-order valence-electron chi connectivity index (χ0n) is 7.14. The van der Waals surface area contributed by atoms with Crippen LogP contribution in [0.25, 0.3) is 0 Å². The first-order valence-corrected chi connectivity index (χ1v) is 4.17. The second kappa shape index (κ2) is 3.57. The highest BCUT2D eigenvalue weighted by Gasteiger charge is 2.18. The van der Waals surface area contributed by atoms with E-state index in [0.717, 1.165) is 13.0 Å². The number of nitrogens with two attached hydrogens (primary N) is 1. The Morgan fingerprint density at radius 2 is 2.54 bits per heavy atom. The van der Waals surface area contributed by atoms with Crippen molar-refractivity contribution < 1.29 is 9.47 Å². The fraction of sp³-hybridized carbons (Fsp3) is 0.500. The quantitative estimate of drug-likeness (QED) is 0.707. The van der Waals surface area contributed by atoms with Gasteiger partial charge in [0.25, 0.3) is 0 Å². The fourth-order valence-electron chi connectivity index (χ4n) is 1.17. The first kappa shape index (κ1) is 8.25. The largest absolute Gasteiger partial charge is 0.458 e. The predicted octanol–water partition coefficient (Wildman–Crippen LogP) is 0.226. The molecule has 0 bridgehead atoms. The van der Waals surface area contributed by atoms with Gasteiger partial charge in [-0.15, -0.1) is 0 Å². The van der Waals surface area contributed by atoms with Gasteiger partial charge in [0.15, 0.2) is 0 Å². The summed E-state index contributed by atoms with van der Waals surface area (Å²) >= 11 is 0. The van der Waals surface area contributed by atoms with Crippen LogP contribution in [0, 0.1) is 0 Å². The molecule has 1 atom stereocenters. The average Bonchev–Trinajstić information content (AvgIpc) is 2.57. The summed E-state index contributed by atoms with van der Waals surface area (Å²) in [5.74, 6) is 0.420. The van der Waals surface area contributed by atoms with E-state index in [0.29, 0.717) is 18.4 Å². The Hall–Kier alpha value is -1.36. The number of aromatic nitrogens is 2. The predicted molar refractivity (Wildman–Crippen MR) is 46.3 cm³/mol. The molecule has 1 aliphatic heterocycles. The average molecular weight is 181 g/mol. The first-order valence-electron chi connectivity index (χ1n) is 4.17. The molecular formula is C8H11N3O2. The molecule has 5 heteroatoms. The van der Waals surface area contributed by atoms with Gasteiger partial charge in [-0.2, -0.15) is 4.98 Å². The summed E-state index contributed by atoms with van der Waals surface area (Å²) in [6, 6.07) is 1.95. The molecule has 13 heavy (non-hydrogen) atoms. The minimum atomic E-state index is 0.0711. The van der Waals surface area contributed by atoms with Crippen LogP contribution in [0.2, 0.25) is 0 Å². The number of rotatable bonds is 2. The lowest BCUT2D eigenvalue weighted by molar-refractivity contribution is 0.134. The Labute approximate surface area is 75.9 Å². The number of anilines is 1. The van der Waals surface area contributed by atoms with E-state index in [1.54, 1.807) is 12.3 Å². The van der Waals surface area contributed by atoms with Gasteiger partial charge in [-0.1, -0.05) is 0 Å². The number of nitrogen functional groups attached to an aromatic ring is 1. The Morgan fingerprint density at radius 3 is 3.23 bits per heavy atom. The van der Waals surface area contributed by atoms with Crippen molar-refractivity contribution in [1.29, 1.82) is 0 Å². The van der Waals surface area contributed by atoms with Gasteiger partial charge in [-0.05, 0) is 6.07 Å². The molecule has 1 fully saturated rings. The maximum atomic E-state index is 5.47. The zero-order chi connectivity index (χ0) is 9.10. The van der Waals surface area contributed by atoms with Crippen LogP contribution in [-0.2, 0) is 4.74 Å². The summed E-state index contributed by atoms with van der Waals surface area (Å²) in [5.41, 5.74) is 5.47. The Kier molecular flexibility index (Phi) is 2.27. The smallest absolute Gasteiger partial charge is 0.318 e. The number of ether oxygens (including phenoxy) is 2. The molecule has 0 unspecified atom stereocenters. The molecule has 70 valence electrons. The Balaban J connectivity index is 2.00. The Bertz CT molecular complexity index is 286.